The van der Waals surface area contributed by atoms with Crippen LogP contribution in [-0.2, 0) is 0 Å². The molecule has 5 rings (SSSR count). The molecule has 160 valence electrons. The molecule has 4 aromatic rings. The molecule has 1 saturated carbocycles. The van der Waals surface area contributed by atoms with Gasteiger partial charge in [0.25, 0.3) is 0 Å². The van der Waals surface area contributed by atoms with Gasteiger partial charge < -0.3 is 20.4 Å². The molecule has 10 heteroatoms. The lowest BCUT2D eigenvalue weighted by atomic mass is 10.2. The highest BCUT2D eigenvalue weighted by molar-refractivity contribution is 5.83. The van der Waals surface area contributed by atoms with Gasteiger partial charge >= 0.3 is 6.01 Å². The predicted octanol–water partition coefficient (Wildman–Crippen LogP) is 5.11. The maximum Gasteiger partial charge on any atom is 0.326 e. The van der Waals surface area contributed by atoms with E-state index < -0.39 is 11.6 Å². The molecule has 0 atom stereocenters. The Labute approximate surface area is 176 Å². The smallest absolute Gasteiger partial charge is 0.326 e. The molecular formula is C21H21F2N7O. The first-order valence-electron chi connectivity index (χ1n) is 10.1. The van der Waals surface area contributed by atoms with Crippen molar-refractivity contribution in [3.8, 4) is 11.8 Å². The number of hydrogen-bond donors (Lipinski definition) is 4. The van der Waals surface area contributed by atoms with Crippen LogP contribution in [-0.4, -0.2) is 31.7 Å². The topological polar surface area (TPSA) is 104 Å². The molecule has 4 N–H and O–H groups in total. The van der Waals surface area contributed by atoms with Crippen LogP contribution in [0, 0.1) is 18.6 Å². The lowest BCUT2D eigenvalue weighted by molar-refractivity contribution is 0.411. The molecule has 1 aromatic carbocycles. The molecule has 1 fully saturated rings. The number of rotatable bonds is 7. The normalized spacial score (nSPS) is 13.5. The van der Waals surface area contributed by atoms with Crippen LogP contribution >= 0.6 is 0 Å². The second-order valence-electron chi connectivity index (χ2n) is 7.57. The predicted molar refractivity (Wildman–Crippen MR) is 113 cm³/mol. The van der Waals surface area contributed by atoms with Crippen LogP contribution in [0.2, 0.25) is 0 Å². The minimum absolute atomic E-state index is 0.0945. The Bertz CT molecular complexity index is 1260. The summed E-state index contributed by atoms with van der Waals surface area (Å²) in [4.78, 5) is 11.4. The molecule has 0 bridgehead atoms. The lowest BCUT2D eigenvalue weighted by Crippen LogP contribution is -2.05. The monoisotopic (exact) mass is 425 g/mol. The molecule has 0 saturated heterocycles. The van der Waals surface area contributed by atoms with Crippen LogP contribution in [0.4, 0.5) is 26.2 Å². The minimum Gasteiger partial charge on any atom is -0.421 e. The van der Waals surface area contributed by atoms with E-state index in [4.69, 9.17) is 4.74 Å². The van der Waals surface area contributed by atoms with Crippen molar-refractivity contribution in [3.05, 3.63) is 47.3 Å². The van der Waals surface area contributed by atoms with Gasteiger partial charge in [-0.3, -0.25) is 5.10 Å². The molecule has 0 radical (unpaired) electrons. The molecule has 1 aliphatic carbocycles. The number of anilines is 3. The van der Waals surface area contributed by atoms with Gasteiger partial charge in [0.15, 0.2) is 23.2 Å². The Morgan fingerprint density at radius 3 is 2.68 bits per heavy atom. The van der Waals surface area contributed by atoms with Gasteiger partial charge in [-0.2, -0.15) is 15.1 Å². The fourth-order valence-corrected chi connectivity index (χ4v) is 3.45. The van der Waals surface area contributed by atoms with E-state index in [1.165, 1.54) is 6.07 Å². The second kappa shape index (κ2) is 7.53. The Morgan fingerprint density at radius 2 is 1.90 bits per heavy atom. The molecule has 0 unspecified atom stereocenters. The van der Waals surface area contributed by atoms with E-state index in [2.05, 4.69) is 35.8 Å². The maximum atomic E-state index is 14.9. The summed E-state index contributed by atoms with van der Waals surface area (Å²) in [5, 5.41) is 13.6. The van der Waals surface area contributed by atoms with Crippen LogP contribution in [0.1, 0.15) is 37.1 Å². The third-order valence-corrected chi connectivity index (χ3v) is 5.04. The van der Waals surface area contributed by atoms with Gasteiger partial charge in [-0.15, -0.1) is 0 Å². The standard InChI is InChI=1S/C21H21F2N7O/c1-3-24-16-9-17(26-18-8-14(29-30-18)11-4-5-11)28-21(27-16)31-15-7-13(22)20-12(19(15)23)6-10(2)25-20/h6-9,11,25H,3-5H2,1-2H3,(H3,24,26,27,28,29,30). The maximum absolute atomic E-state index is 14.9. The summed E-state index contributed by atoms with van der Waals surface area (Å²) >= 11 is 0. The summed E-state index contributed by atoms with van der Waals surface area (Å²) in [5.41, 5.74) is 1.82. The number of nitrogens with one attached hydrogen (secondary N) is 4. The van der Waals surface area contributed by atoms with Gasteiger partial charge in [-0.25, -0.2) is 8.78 Å². The summed E-state index contributed by atoms with van der Waals surface area (Å²) in [6.45, 7) is 4.26. The van der Waals surface area contributed by atoms with E-state index >= 15 is 0 Å². The first-order valence-corrected chi connectivity index (χ1v) is 10.1. The summed E-state index contributed by atoms with van der Waals surface area (Å²) in [5.74, 6) is 0.435. The van der Waals surface area contributed by atoms with E-state index in [0.717, 1.165) is 24.6 Å². The van der Waals surface area contributed by atoms with E-state index in [-0.39, 0.29) is 22.7 Å². The average Bonchev–Trinajstić information content (AvgIpc) is 3.34. The van der Waals surface area contributed by atoms with E-state index in [1.807, 2.05) is 13.0 Å². The summed E-state index contributed by atoms with van der Waals surface area (Å²) < 4.78 is 34.9. The fourth-order valence-electron chi connectivity index (χ4n) is 3.45. The number of halogens is 2. The molecule has 8 nitrogen and oxygen atoms in total. The second-order valence-corrected chi connectivity index (χ2v) is 7.57. The van der Waals surface area contributed by atoms with Gasteiger partial charge in [-0.1, -0.05) is 0 Å². The third-order valence-electron chi connectivity index (χ3n) is 5.04. The Kier molecular flexibility index (Phi) is 4.68. The number of benzene rings is 1. The van der Waals surface area contributed by atoms with Gasteiger partial charge in [-0.05, 0) is 32.8 Å². The number of aryl methyl sites for hydroxylation is 1. The number of hydrogen-bond acceptors (Lipinski definition) is 6. The van der Waals surface area contributed by atoms with Gasteiger partial charge in [0.2, 0.25) is 0 Å². The highest BCUT2D eigenvalue weighted by Gasteiger charge is 2.25. The van der Waals surface area contributed by atoms with E-state index in [1.54, 1.807) is 13.0 Å². The third kappa shape index (κ3) is 3.88. The highest BCUT2D eigenvalue weighted by Crippen LogP contribution is 2.39. The minimum atomic E-state index is -0.686. The molecule has 1 aliphatic rings. The van der Waals surface area contributed by atoms with Crippen LogP contribution in [0.3, 0.4) is 0 Å². The van der Waals surface area contributed by atoms with Crippen molar-refractivity contribution in [1.29, 1.82) is 0 Å². The first kappa shape index (κ1) is 19.3. The number of nitrogens with zero attached hydrogens (tertiary/aromatic N) is 3. The molecule has 31 heavy (non-hydrogen) atoms. The molecule has 3 heterocycles. The van der Waals surface area contributed by atoms with Crippen LogP contribution in [0.25, 0.3) is 10.9 Å². The van der Waals surface area contributed by atoms with Crippen molar-refractivity contribution in [1.82, 2.24) is 25.1 Å². The number of H-pyrrole nitrogens is 2. The first-order chi connectivity index (χ1) is 15.0. The molecule has 3 aromatic heterocycles. The zero-order valence-corrected chi connectivity index (χ0v) is 17.0. The van der Waals surface area contributed by atoms with Crippen LogP contribution < -0.4 is 15.4 Å². The number of aromatic amines is 2. The van der Waals surface area contributed by atoms with Crippen molar-refractivity contribution in [2.45, 2.75) is 32.6 Å². The lowest BCUT2D eigenvalue weighted by Gasteiger charge is -2.11. The molecule has 0 amide bonds. The Morgan fingerprint density at radius 1 is 1.10 bits per heavy atom. The molecular weight excluding hydrogens is 404 g/mol. The molecule has 0 spiro atoms. The summed E-state index contributed by atoms with van der Waals surface area (Å²) in [7, 11) is 0. The van der Waals surface area contributed by atoms with Gasteiger partial charge in [0.05, 0.1) is 5.52 Å². The number of aromatic nitrogens is 5. The van der Waals surface area contributed by atoms with Gasteiger partial charge in [0.1, 0.15) is 11.6 Å². The summed E-state index contributed by atoms with van der Waals surface area (Å²) in [6, 6.07) is 6.02. The Balaban J connectivity index is 1.46. The fraction of sp³-hybridized carbons (Fsp3) is 0.286. The largest absolute Gasteiger partial charge is 0.421 e. The number of fused-ring (bicyclic) bond motifs is 1. The van der Waals surface area contributed by atoms with Crippen molar-refractivity contribution in [3.63, 3.8) is 0 Å². The Hall–Kier alpha value is -3.69. The van der Waals surface area contributed by atoms with Crippen molar-refractivity contribution in [2.75, 3.05) is 17.2 Å². The van der Waals surface area contributed by atoms with Gasteiger partial charge in [0, 0.05) is 47.4 Å². The highest BCUT2D eigenvalue weighted by atomic mass is 19.1. The van der Waals surface area contributed by atoms with E-state index in [9.17, 15) is 8.78 Å². The SMILES string of the molecule is CCNc1cc(Nc2cc(C3CC3)[nH]n2)nc(Oc2cc(F)c3[nH]c(C)cc3c2F)n1. The average molecular weight is 425 g/mol. The zero-order valence-electron chi connectivity index (χ0n) is 17.0. The van der Waals surface area contributed by atoms with Crippen LogP contribution in [0.15, 0.2) is 24.3 Å². The van der Waals surface area contributed by atoms with E-state index in [0.29, 0.717) is 35.6 Å². The van der Waals surface area contributed by atoms with Crippen LogP contribution in [0.5, 0.6) is 11.8 Å². The molecule has 0 aliphatic heterocycles. The summed E-state index contributed by atoms with van der Waals surface area (Å²) in [6.07, 6.45) is 2.32. The van der Waals surface area contributed by atoms with Crippen molar-refractivity contribution >= 4 is 28.4 Å². The van der Waals surface area contributed by atoms with Crippen molar-refractivity contribution in [2.24, 2.45) is 0 Å². The quantitative estimate of drug-likeness (QED) is 0.328. The zero-order chi connectivity index (χ0) is 21.5. The van der Waals surface area contributed by atoms with Crippen molar-refractivity contribution < 1.29 is 13.5 Å². The number of ether oxygens (including phenoxy) is 1.